The van der Waals surface area contributed by atoms with Crippen LogP contribution in [0.2, 0.25) is 0 Å². The van der Waals surface area contributed by atoms with Crippen LogP contribution in [0, 0.1) is 0 Å². The summed E-state index contributed by atoms with van der Waals surface area (Å²) in [6.45, 7) is 5.49. The number of hydrogen-bond acceptors (Lipinski definition) is 6. The molecule has 0 radical (unpaired) electrons. The Kier molecular flexibility index (Phi) is 4.95. The Bertz CT molecular complexity index is 554. The zero-order valence-corrected chi connectivity index (χ0v) is 11.8. The van der Waals surface area contributed by atoms with Gasteiger partial charge in [0.15, 0.2) is 17.3 Å². The molecule has 1 aromatic heterocycles. The molecule has 0 amide bonds. The van der Waals surface area contributed by atoms with Crippen molar-refractivity contribution in [2.75, 3.05) is 19.8 Å². The second kappa shape index (κ2) is 6.91. The fraction of sp³-hybridized carbons (Fsp3) is 0.429. The Hall–Kier alpha value is -2.08. The standard InChI is InChI=1S/C14H19N3O3/c1-3-18-11-6-5-10(9-12(11)19-4-2)14-16-13(7-8-15)17-20-14/h5-6,9H,3-4,7-8,15H2,1-2H3. The van der Waals surface area contributed by atoms with Crippen LogP contribution in [-0.4, -0.2) is 29.9 Å². The first kappa shape index (κ1) is 14.3. The van der Waals surface area contributed by atoms with Gasteiger partial charge in [0.1, 0.15) is 0 Å². The van der Waals surface area contributed by atoms with Crippen LogP contribution in [0.15, 0.2) is 22.7 Å². The van der Waals surface area contributed by atoms with Crippen molar-refractivity contribution in [2.24, 2.45) is 5.73 Å². The number of aromatic nitrogens is 2. The maximum absolute atomic E-state index is 5.57. The molecule has 0 unspecified atom stereocenters. The first-order valence-electron chi connectivity index (χ1n) is 6.71. The van der Waals surface area contributed by atoms with Gasteiger partial charge in [-0.15, -0.1) is 0 Å². The minimum absolute atomic E-state index is 0.456. The predicted octanol–water partition coefficient (Wildman–Crippen LogP) is 2.04. The van der Waals surface area contributed by atoms with Gasteiger partial charge in [0, 0.05) is 12.0 Å². The van der Waals surface area contributed by atoms with Crippen LogP contribution in [0.4, 0.5) is 0 Å². The van der Waals surface area contributed by atoms with Crippen LogP contribution >= 0.6 is 0 Å². The van der Waals surface area contributed by atoms with E-state index >= 15 is 0 Å². The molecule has 108 valence electrons. The number of hydrogen-bond donors (Lipinski definition) is 1. The molecule has 2 rings (SSSR count). The molecule has 0 bridgehead atoms. The van der Waals surface area contributed by atoms with E-state index in [1.807, 2.05) is 32.0 Å². The highest BCUT2D eigenvalue weighted by Gasteiger charge is 2.12. The van der Waals surface area contributed by atoms with Gasteiger partial charge >= 0.3 is 0 Å². The molecule has 1 aromatic carbocycles. The molecule has 0 atom stereocenters. The van der Waals surface area contributed by atoms with Crippen LogP contribution < -0.4 is 15.2 Å². The Balaban J connectivity index is 2.28. The average molecular weight is 277 g/mol. The molecule has 0 fully saturated rings. The normalized spacial score (nSPS) is 10.6. The number of ether oxygens (including phenoxy) is 2. The lowest BCUT2D eigenvalue weighted by Gasteiger charge is -2.11. The molecule has 0 spiro atoms. The SMILES string of the molecule is CCOc1ccc(-c2nc(CCN)no2)cc1OCC. The molecular weight excluding hydrogens is 258 g/mol. The number of rotatable bonds is 7. The summed E-state index contributed by atoms with van der Waals surface area (Å²) in [4.78, 5) is 4.29. The quantitative estimate of drug-likeness (QED) is 0.833. The summed E-state index contributed by atoms with van der Waals surface area (Å²) in [5.41, 5.74) is 6.27. The highest BCUT2D eigenvalue weighted by molar-refractivity contribution is 5.59. The van der Waals surface area contributed by atoms with E-state index in [-0.39, 0.29) is 0 Å². The molecule has 1 heterocycles. The summed E-state index contributed by atoms with van der Waals surface area (Å²) in [7, 11) is 0. The van der Waals surface area contributed by atoms with Crippen molar-refractivity contribution in [3.05, 3.63) is 24.0 Å². The number of nitrogens with zero attached hydrogens (tertiary/aromatic N) is 2. The third-order valence-corrected chi connectivity index (χ3v) is 2.63. The van der Waals surface area contributed by atoms with E-state index in [2.05, 4.69) is 10.1 Å². The molecule has 2 aromatic rings. The minimum Gasteiger partial charge on any atom is -0.490 e. The van der Waals surface area contributed by atoms with Gasteiger partial charge < -0.3 is 19.7 Å². The molecule has 2 N–H and O–H groups in total. The summed E-state index contributed by atoms with van der Waals surface area (Å²) in [5, 5.41) is 3.88. The van der Waals surface area contributed by atoms with E-state index in [1.54, 1.807) is 0 Å². The van der Waals surface area contributed by atoms with E-state index in [1.165, 1.54) is 0 Å². The van der Waals surface area contributed by atoms with Gasteiger partial charge in [-0.1, -0.05) is 5.16 Å². The summed E-state index contributed by atoms with van der Waals surface area (Å²) in [5.74, 6) is 2.44. The van der Waals surface area contributed by atoms with Crippen molar-refractivity contribution < 1.29 is 14.0 Å². The van der Waals surface area contributed by atoms with Crippen LogP contribution in [-0.2, 0) is 6.42 Å². The second-order valence-corrected chi connectivity index (χ2v) is 4.08. The average Bonchev–Trinajstić information content (AvgIpc) is 2.90. The third kappa shape index (κ3) is 3.27. The van der Waals surface area contributed by atoms with Crippen molar-refractivity contribution in [3.63, 3.8) is 0 Å². The Labute approximate surface area is 117 Å². The van der Waals surface area contributed by atoms with Crippen molar-refractivity contribution >= 4 is 0 Å². The second-order valence-electron chi connectivity index (χ2n) is 4.08. The monoisotopic (exact) mass is 277 g/mol. The molecule has 6 heteroatoms. The van der Waals surface area contributed by atoms with E-state index in [4.69, 9.17) is 19.7 Å². The predicted molar refractivity (Wildman–Crippen MR) is 74.8 cm³/mol. The lowest BCUT2D eigenvalue weighted by molar-refractivity contribution is 0.288. The zero-order chi connectivity index (χ0) is 14.4. The summed E-state index contributed by atoms with van der Waals surface area (Å²) in [6.07, 6.45) is 0.596. The van der Waals surface area contributed by atoms with E-state index in [9.17, 15) is 0 Å². The Morgan fingerprint density at radius 2 is 1.90 bits per heavy atom. The lowest BCUT2D eigenvalue weighted by Crippen LogP contribution is -2.03. The smallest absolute Gasteiger partial charge is 0.258 e. The van der Waals surface area contributed by atoms with E-state index < -0.39 is 0 Å². The highest BCUT2D eigenvalue weighted by Crippen LogP contribution is 2.32. The van der Waals surface area contributed by atoms with Crippen LogP contribution in [0.3, 0.4) is 0 Å². The van der Waals surface area contributed by atoms with E-state index in [0.29, 0.717) is 49.4 Å². The molecule has 6 nitrogen and oxygen atoms in total. The van der Waals surface area contributed by atoms with E-state index in [0.717, 1.165) is 5.56 Å². The maximum Gasteiger partial charge on any atom is 0.258 e. The number of benzene rings is 1. The fourth-order valence-corrected chi connectivity index (χ4v) is 1.79. The van der Waals surface area contributed by atoms with Crippen LogP contribution in [0.5, 0.6) is 11.5 Å². The minimum atomic E-state index is 0.456. The van der Waals surface area contributed by atoms with Gasteiger partial charge in [-0.05, 0) is 38.6 Å². The summed E-state index contributed by atoms with van der Waals surface area (Å²) in [6, 6.07) is 5.55. The molecule has 0 aliphatic heterocycles. The van der Waals surface area contributed by atoms with Gasteiger partial charge in [-0.2, -0.15) is 4.98 Å². The van der Waals surface area contributed by atoms with Crippen molar-refractivity contribution in [1.29, 1.82) is 0 Å². The molecule has 0 aliphatic rings. The van der Waals surface area contributed by atoms with Gasteiger partial charge in [0.25, 0.3) is 5.89 Å². The Morgan fingerprint density at radius 3 is 2.60 bits per heavy atom. The van der Waals surface area contributed by atoms with Crippen molar-refractivity contribution in [2.45, 2.75) is 20.3 Å². The van der Waals surface area contributed by atoms with Gasteiger partial charge in [-0.3, -0.25) is 0 Å². The van der Waals surface area contributed by atoms with Crippen molar-refractivity contribution in [1.82, 2.24) is 10.1 Å². The molecule has 0 aliphatic carbocycles. The van der Waals surface area contributed by atoms with Crippen molar-refractivity contribution in [3.8, 4) is 23.0 Å². The molecule has 0 saturated heterocycles. The van der Waals surface area contributed by atoms with Crippen LogP contribution in [0.25, 0.3) is 11.5 Å². The van der Waals surface area contributed by atoms with Crippen LogP contribution in [0.1, 0.15) is 19.7 Å². The number of nitrogens with two attached hydrogens (primary N) is 1. The largest absolute Gasteiger partial charge is 0.490 e. The summed E-state index contributed by atoms with van der Waals surface area (Å²) < 4.78 is 16.3. The van der Waals surface area contributed by atoms with Gasteiger partial charge in [0.05, 0.1) is 13.2 Å². The third-order valence-electron chi connectivity index (χ3n) is 2.63. The highest BCUT2D eigenvalue weighted by atomic mass is 16.5. The maximum atomic E-state index is 5.57. The van der Waals surface area contributed by atoms with Gasteiger partial charge in [0.2, 0.25) is 0 Å². The molecule has 20 heavy (non-hydrogen) atoms. The Morgan fingerprint density at radius 1 is 1.15 bits per heavy atom. The fourth-order valence-electron chi connectivity index (χ4n) is 1.79. The zero-order valence-electron chi connectivity index (χ0n) is 11.8. The topological polar surface area (TPSA) is 83.4 Å². The lowest BCUT2D eigenvalue weighted by atomic mass is 10.2. The molecule has 0 saturated carbocycles. The molecular formula is C14H19N3O3. The first-order valence-corrected chi connectivity index (χ1v) is 6.71. The first-order chi connectivity index (χ1) is 9.78. The summed E-state index contributed by atoms with van der Waals surface area (Å²) >= 11 is 0. The van der Waals surface area contributed by atoms with Gasteiger partial charge in [-0.25, -0.2) is 0 Å².